The SMILES string of the molecule is COCCn1cncc1[C@H]1CC[C@@H](N)C1. The quantitative estimate of drug-likeness (QED) is 0.808. The van der Waals surface area contributed by atoms with E-state index in [4.69, 9.17) is 10.5 Å². The fourth-order valence-electron chi connectivity index (χ4n) is 2.33. The molecule has 1 aliphatic carbocycles. The normalized spacial score (nSPS) is 26.0. The molecule has 84 valence electrons. The zero-order valence-electron chi connectivity index (χ0n) is 9.22. The second kappa shape index (κ2) is 4.77. The second-order valence-corrected chi connectivity index (χ2v) is 4.27. The minimum Gasteiger partial charge on any atom is -0.383 e. The average Bonchev–Trinajstić information content (AvgIpc) is 2.82. The van der Waals surface area contributed by atoms with Crippen LogP contribution in [0.25, 0.3) is 0 Å². The Morgan fingerprint density at radius 3 is 3.13 bits per heavy atom. The first-order valence-corrected chi connectivity index (χ1v) is 5.56. The molecule has 0 spiro atoms. The van der Waals surface area contributed by atoms with Gasteiger partial charge in [-0.25, -0.2) is 4.98 Å². The van der Waals surface area contributed by atoms with Gasteiger partial charge in [0.15, 0.2) is 0 Å². The summed E-state index contributed by atoms with van der Waals surface area (Å²) in [4.78, 5) is 4.21. The van der Waals surface area contributed by atoms with Crippen LogP contribution < -0.4 is 5.73 Å². The first-order valence-electron chi connectivity index (χ1n) is 5.56. The van der Waals surface area contributed by atoms with Crippen molar-refractivity contribution in [2.24, 2.45) is 5.73 Å². The predicted octanol–water partition coefficient (Wildman–Crippen LogP) is 1.12. The van der Waals surface area contributed by atoms with Crippen molar-refractivity contribution in [3.63, 3.8) is 0 Å². The Labute approximate surface area is 90.4 Å². The van der Waals surface area contributed by atoms with Gasteiger partial charge in [-0.15, -0.1) is 0 Å². The fourth-order valence-corrected chi connectivity index (χ4v) is 2.33. The molecule has 1 fully saturated rings. The lowest BCUT2D eigenvalue weighted by Crippen LogP contribution is -2.15. The Morgan fingerprint density at radius 2 is 2.47 bits per heavy atom. The predicted molar refractivity (Wildman–Crippen MR) is 58.7 cm³/mol. The summed E-state index contributed by atoms with van der Waals surface area (Å²) in [5.74, 6) is 0.597. The molecule has 1 aliphatic rings. The molecule has 0 saturated heterocycles. The summed E-state index contributed by atoms with van der Waals surface area (Å²) < 4.78 is 7.27. The molecule has 0 unspecified atom stereocenters. The number of methoxy groups -OCH3 is 1. The standard InChI is InChI=1S/C11H19N3O/c1-15-5-4-14-8-13-7-11(14)9-2-3-10(12)6-9/h7-10H,2-6,12H2,1H3/t9-,10+/m0/s1. The molecule has 2 rings (SSSR count). The molecule has 0 aliphatic heterocycles. The molecule has 2 atom stereocenters. The van der Waals surface area contributed by atoms with Crippen LogP contribution in [0.5, 0.6) is 0 Å². The molecule has 1 heterocycles. The molecule has 1 saturated carbocycles. The van der Waals surface area contributed by atoms with Crippen LogP contribution in [0.4, 0.5) is 0 Å². The lowest BCUT2D eigenvalue weighted by molar-refractivity contribution is 0.186. The van der Waals surface area contributed by atoms with Crippen LogP contribution in [0.2, 0.25) is 0 Å². The monoisotopic (exact) mass is 209 g/mol. The summed E-state index contributed by atoms with van der Waals surface area (Å²) in [6.07, 6.45) is 7.29. The molecule has 4 heteroatoms. The second-order valence-electron chi connectivity index (χ2n) is 4.27. The largest absolute Gasteiger partial charge is 0.383 e. The molecule has 0 bridgehead atoms. The van der Waals surface area contributed by atoms with Crippen LogP contribution in [0.15, 0.2) is 12.5 Å². The fraction of sp³-hybridized carbons (Fsp3) is 0.727. The van der Waals surface area contributed by atoms with Crippen LogP contribution in [0.1, 0.15) is 30.9 Å². The molecule has 4 nitrogen and oxygen atoms in total. The molecule has 0 amide bonds. The number of hydrogen-bond acceptors (Lipinski definition) is 3. The lowest BCUT2D eigenvalue weighted by atomic mass is 10.0. The van der Waals surface area contributed by atoms with Gasteiger partial charge in [-0.3, -0.25) is 0 Å². The highest BCUT2D eigenvalue weighted by Gasteiger charge is 2.25. The molecule has 15 heavy (non-hydrogen) atoms. The summed E-state index contributed by atoms with van der Waals surface area (Å²) in [5.41, 5.74) is 7.25. The van der Waals surface area contributed by atoms with Gasteiger partial charge in [-0.1, -0.05) is 0 Å². The highest BCUT2D eigenvalue weighted by Crippen LogP contribution is 2.33. The van der Waals surface area contributed by atoms with E-state index >= 15 is 0 Å². The number of ether oxygens (including phenoxy) is 1. The van der Waals surface area contributed by atoms with E-state index in [1.54, 1.807) is 7.11 Å². The third-order valence-corrected chi connectivity index (χ3v) is 3.17. The van der Waals surface area contributed by atoms with Crippen LogP contribution in [-0.4, -0.2) is 29.3 Å². The van der Waals surface area contributed by atoms with Crippen molar-refractivity contribution >= 4 is 0 Å². The van der Waals surface area contributed by atoms with E-state index in [0.717, 1.165) is 26.0 Å². The third-order valence-electron chi connectivity index (χ3n) is 3.17. The van der Waals surface area contributed by atoms with Gasteiger partial charge >= 0.3 is 0 Å². The molecule has 0 radical (unpaired) electrons. The average molecular weight is 209 g/mol. The summed E-state index contributed by atoms with van der Waals surface area (Å²) >= 11 is 0. The topological polar surface area (TPSA) is 53.1 Å². The third kappa shape index (κ3) is 2.38. The smallest absolute Gasteiger partial charge is 0.0949 e. The van der Waals surface area contributed by atoms with E-state index in [0.29, 0.717) is 12.0 Å². The van der Waals surface area contributed by atoms with Crippen LogP contribution in [0, 0.1) is 0 Å². The first kappa shape index (κ1) is 10.6. The van der Waals surface area contributed by atoms with E-state index in [-0.39, 0.29) is 0 Å². The summed E-state index contributed by atoms with van der Waals surface area (Å²) in [5, 5.41) is 0. The van der Waals surface area contributed by atoms with E-state index < -0.39 is 0 Å². The molecule has 1 aromatic heterocycles. The van der Waals surface area contributed by atoms with Gasteiger partial charge in [0.25, 0.3) is 0 Å². The molecule has 1 aromatic rings. The maximum absolute atomic E-state index is 5.93. The maximum atomic E-state index is 5.93. The Balaban J connectivity index is 2.04. The zero-order chi connectivity index (χ0) is 10.7. The van der Waals surface area contributed by atoms with Crippen molar-refractivity contribution < 1.29 is 4.74 Å². The Bertz CT molecular complexity index is 311. The number of nitrogens with two attached hydrogens (primary N) is 1. The van der Waals surface area contributed by atoms with Crippen LogP contribution >= 0.6 is 0 Å². The van der Waals surface area contributed by atoms with Crippen molar-refractivity contribution in [3.8, 4) is 0 Å². The molecular weight excluding hydrogens is 190 g/mol. The summed E-state index contributed by atoms with van der Waals surface area (Å²) in [6.45, 7) is 1.62. The van der Waals surface area contributed by atoms with E-state index in [1.807, 2.05) is 12.5 Å². The van der Waals surface area contributed by atoms with Gasteiger partial charge in [0.1, 0.15) is 0 Å². The van der Waals surface area contributed by atoms with Gasteiger partial charge in [-0.05, 0) is 19.3 Å². The maximum Gasteiger partial charge on any atom is 0.0949 e. The number of aromatic nitrogens is 2. The minimum absolute atomic E-state index is 0.376. The number of nitrogens with zero attached hydrogens (tertiary/aromatic N) is 2. The Morgan fingerprint density at radius 1 is 1.60 bits per heavy atom. The number of imidazole rings is 1. The van der Waals surface area contributed by atoms with Crippen LogP contribution in [0.3, 0.4) is 0 Å². The van der Waals surface area contributed by atoms with Gasteiger partial charge in [0.2, 0.25) is 0 Å². The van der Waals surface area contributed by atoms with Crippen LogP contribution in [-0.2, 0) is 11.3 Å². The van der Waals surface area contributed by atoms with E-state index in [2.05, 4.69) is 9.55 Å². The Kier molecular flexibility index (Phi) is 3.38. The summed E-state index contributed by atoms with van der Waals surface area (Å²) in [7, 11) is 1.72. The van der Waals surface area contributed by atoms with Crippen molar-refractivity contribution in [3.05, 3.63) is 18.2 Å². The zero-order valence-corrected chi connectivity index (χ0v) is 9.22. The highest BCUT2D eigenvalue weighted by molar-refractivity contribution is 5.09. The number of hydrogen-bond donors (Lipinski definition) is 1. The molecule has 0 aromatic carbocycles. The molecular formula is C11H19N3O. The summed E-state index contributed by atoms with van der Waals surface area (Å²) in [6, 6.07) is 0.376. The van der Waals surface area contributed by atoms with E-state index in [9.17, 15) is 0 Å². The van der Waals surface area contributed by atoms with Crippen molar-refractivity contribution in [2.45, 2.75) is 37.8 Å². The van der Waals surface area contributed by atoms with Gasteiger partial charge < -0.3 is 15.0 Å². The van der Waals surface area contributed by atoms with E-state index in [1.165, 1.54) is 12.1 Å². The number of rotatable bonds is 4. The van der Waals surface area contributed by atoms with Crippen molar-refractivity contribution in [1.29, 1.82) is 0 Å². The minimum atomic E-state index is 0.376. The highest BCUT2D eigenvalue weighted by atomic mass is 16.5. The van der Waals surface area contributed by atoms with Gasteiger partial charge in [0, 0.05) is 37.5 Å². The van der Waals surface area contributed by atoms with Crippen molar-refractivity contribution in [1.82, 2.24) is 9.55 Å². The van der Waals surface area contributed by atoms with Crippen molar-refractivity contribution in [2.75, 3.05) is 13.7 Å². The van der Waals surface area contributed by atoms with Gasteiger partial charge in [-0.2, -0.15) is 0 Å². The lowest BCUT2D eigenvalue weighted by Gasteiger charge is -2.13. The molecule has 2 N–H and O–H groups in total. The Hall–Kier alpha value is -0.870. The van der Waals surface area contributed by atoms with Gasteiger partial charge in [0.05, 0.1) is 12.9 Å². The first-order chi connectivity index (χ1) is 7.31.